The second kappa shape index (κ2) is 16.2. The van der Waals surface area contributed by atoms with Crippen LogP contribution >= 0.6 is 0 Å². The van der Waals surface area contributed by atoms with Gasteiger partial charge in [0.1, 0.15) is 46.4 Å². The number of nitrogens with zero attached hydrogens (tertiary/aromatic N) is 2. The highest BCUT2D eigenvalue weighted by atomic mass is 32.2. The Balaban J connectivity index is 1.31. The Morgan fingerprint density at radius 3 is 2.47 bits per heavy atom. The number of fused-ring (bicyclic) bond motifs is 3. The molecule has 3 heterocycles. The van der Waals surface area contributed by atoms with Crippen LogP contribution in [0.25, 0.3) is 6.08 Å². The number of ether oxygens (including phenoxy) is 3. The Kier molecular flexibility index (Phi) is 11.9. The lowest BCUT2D eigenvalue weighted by atomic mass is 9.85. The summed E-state index contributed by atoms with van der Waals surface area (Å²) in [4.78, 5) is 86.0. The van der Waals surface area contributed by atoms with Crippen molar-refractivity contribution in [3.8, 4) is 0 Å². The van der Waals surface area contributed by atoms with Crippen LogP contribution in [-0.2, 0) is 57.5 Å². The maximum absolute atomic E-state index is 14.7. The molecule has 0 radical (unpaired) electrons. The van der Waals surface area contributed by atoms with Crippen LogP contribution in [0, 0.1) is 11.3 Å². The van der Waals surface area contributed by atoms with E-state index in [1.165, 1.54) is 4.90 Å². The summed E-state index contributed by atoms with van der Waals surface area (Å²) in [7, 11) is -1.61. The molecule has 16 nitrogen and oxygen atoms in total. The first-order chi connectivity index (χ1) is 26.8. The van der Waals surface area contributed by atoms with Crippen molar-refractivity contribution in [3.05, 3.63) is 53.6 Å². The minimum Gasteiger partial charge on any atom is -0.444 e. The zero-order valence-electron chi connectivity index (χ0n) is 33.4. The van der Waals surface area contributed by atoms with E-state index in [-0.39, 0.29) is 44.4 Å². The molecular weight excluding hydrogens is 757 g/mol. The van der Waals surface area contributed by atoms with Crippen molar-refractivity contribution in [3.63, 3.8) is 0 Å². The van der Waals surface area contributed by atoms with Crippen molar-refractivity contribution < 1.29 is 47.2 Å². The fourth-order valence-corrected chi connectivity index (χ4v) is 8.43. The summed E-state index contributed by atoms with van der Waals surface area (Å²) < 4.78 is 32.5. The second-order valence-electron chi connectivity index (χ2n) is 17.5. The number of rotatable bonds is 7. The van der Waals surface area contributed by atoms with Crippen LogP contribution in [0.1, 0.15) is 83.9 Å². The van der Waals surface area contributed by atoms with Gasteiger partial charge in [-0.1, -0.05) is 57.2 Å². The van der Waals surface area contributed by atoms with Gasteiger partial charge >= 0.3 is 12.2 Å². The number of hydrogen-bond acceptors (Lipinski definition) is 10. The Hall–Kier alpha value is -4.77. The van der Waals surface area contributed by atoms with E-state index in [1.807, 2.05) is 24.3 Å². The predicted octanol–water partition coefficient (Wildman–Crippen LogP) is 2.58. The SMILES string of the molecule is C=CC1CC1(NC(=O)C1CC2CN1C(=O)C(C(C)(C)C)NC(=O)C(NC(=O)OC(C)(C)C)COCC=Cc1cccc3c1CN(C3)C(=O)O2)C(=O)NS(=O)C1CC1. The van der Waals surface area contributed by atoms with Crippen LogP contribution < -0.4 is 20.7 Å². The quantitative estimate of drug-likeness (QED) is 0.297. The first-order valence-electron chi connectivity index (χ1n) is 19.4. The van der Waals surface area contributed by atoms with Crippen molar-refractivity contribution in [2.75, 3.05) is 19.8 Å². The molecule has 4 bridgehead atoms. The number of carbonyl (C=O) groups excluding carboxylic acids is 6. The van der Waals surface area contributed by atoms with Crippen LogP contribution in [-0.4, -0.2) is 110 Å². The summed E-state index contributed by atoms with van der Waals surface area (Å²) in [6.07, 6.45) is 4.36. The van der Waals surface area contributed by atoms with Crippen molar-refractivity contribution in [2.45, 2.75) is 121 Å². The van der Waals surface area contributed by atoms with E-state index in [2.05, 4.69) is 27.3 Å². The highest BCUT2D eigenvalue weighted by Crippen LogP contribution is 2.45. The molecular formula is C40H54N6O10S. The topological polar surface area (TPSA) is 202 Å². The molecule has 0 aromatic heterocycles. The van der Waals surface area contributed by atoms with E-state index < -0.39 is 93.5 Å². The molecule has 3 fully saturated rings. The fourth-order valence-electron chi connectivity index (χ4n) is 7.33. The molecule has 1 saturated heterocycles. The molecule has 4 N–H and O–H groups in total. The van der Waals surface area contributed by atoms with Gasteiger partial charge in [0.25, 0.3) is 5.91 Å². The van der Waals surface area contributed by atoms with Gasteiger partial charge < -0.3 is 35.1 Å². The molecule has 7 unspecified atom stereocenters. The first-order valence-corrected chi connectivity index (χ1v) is 20.6. The van der Waals surface area contributed by atoms with Crippen molar-refractivity contribution in [1.29, 1.82) is 0 Å². The second-order valence-corrected chi connectivity index (χ2v) is 18.9. The van der Waals surface area contributed by atoms with Crippen molar-refractivity contribution >= 4 is 52.9 Å². The van der Waals surface area contributed by atoms with Gasteiger partial charge in [-0.2, -0.15) is 0 Å². The minimum absolute atomic E-state index is 0.0752. The minimum atomic E-state index is -1.61. The predicted molar refractivity (Wildman–Crippen MR) is 209 cm³/mol. The van der Waals surface area contributed by atoms with E-state index >= 15 is 0 Å². The van der Waals surface area contributed by atoms with Gasteiger partial charge in [-0.05, 0) is 62.1 Å². The Bertz CT molecular complexity index is 1870. The van der Waals surface area contributed by atoms with E-state index in [0.29, 0.717) is 6.54 Å². The molecule has 57 heavy (non-hydrogen) atoms. The molecule has 5 aliphatic rings. The van der Waals surface area contributed by atoms with Crippen LogP contribution in [0.5, 0.6) is 0 Å². The molecule has 1 aromatic carbocycles. The molecule has 1 aromatic rings. The average molecular weight is 811 g/mol. The summed E-state index contributed by atoms with van der Waals surface area (Å²) in [5.41, 5.74) is -0.498. The van der Waals surface area contributed by atoms with E-state index in [4.69, 9.17) is 14.2 Å². The van der Waals surface area contributed by atoms with Crippen LogP contribution in [0.2, 0.25) is 0 Å². The molecule has 2 saturated carbocycles. The van der Waals surface area contributed by atoms with Crippen molar-refractivity contribution in [2.24, 2.45) is 11.3 Å². The third-order valence-electron chi connectivity index (χ3n) is 10.7. The number of carbonyl (C=O) groups is 6. The fraction of sp³-hybridized carbons (Fsp3) is 0.600. The maximum atomic E-state index is 14.7. The lowest BCUT2D eigenvalue weighted by molar-refractivity contribution is -0.145. The molecule has 2 aliphatic carbocycles. The lowest BCUT2D eigenvalue weighted by Crippen LogP contribution is -2.62. The molecule has 0 spiro atoms. The number of hydrogen-bond donors (Lipinski definition) is 4. The van der Waals surface area contributed by atoms with Gasteiger partial charge in [-0.3, -0.25) is 28.8 Å². The molecule has 310 valence electrons. The number of nitrogens with one attached hydrogen (secondary N) is 4. The zero-order chi connectivity index (χ0) is 41.4. The van der Waals surface area contributed by atoms with Crippen molar-refractivity contribution in [1.82, 2.24) is 30.5 Å². The first kappa shape index (κ1) is 41.9. The zero-order valence-corrected chi connectivity index (χ0v) is 34.2. The van der Waals surface area contributed by atoms with Crippen LogP contribution in [0.4, 0.5) is 9.59 Å². The Labute approximate surface area is 335 Å². The molecule has 6 rings (SSSR count). The highest BCUT2D eigenvalue weighted by molar-refractivity contribution is 7.84. The maximum Gasteiger partial charge on any atom is 0.410 e. The largest absolute Gasteiger partial charge is 0.444 e. The Morgan fingerprint density at radius 2 is 1.82 bits per heavy atom. The van der Waals surface area contributed by atoms with E-state index in [0.717, 1.165) is 29.5 Å². The number of benzene rings is 1. The van der Waals surface area contributed by atoms with Gasteiger partial charge in [0, 0.05) is 18.9 Å². The third-order valence-corrected chi connectivity index (χ3v) is 12.1. The monoisotopic (exact) mass is 810 g/mol. The van der Waals surface area contributed by atoms with Gasteiger partial charge in [0.2, 0.25) is 17.7 Å². The molecule has 6 amide bonds. The van der Waals surface area contributed by atoms with Gasteiger partial charge in [0.05, 0.1) is 31.6 Å². The molecule has 17 heteroatoms. The van der Waals surface area contributed by atoms with E-state index in [9.17, 15) is 33.0 Å². The summed E-state index contributed by atoms with van der Waals surface area (Å²) in [5.74, 6) is -3.10. The van der Waals surface area contributed by atoms with Gasteiger partial charge in [0.15, 0.2) is 0 Å². The van der Waals surface area contributed by atoms with E-state index in [1.54, 1.807) is 58.6 Å². The smallest absolute Gasteiger partial charge is 0.410 e. The van der Waals surface area contributed by atoms with Crippen LogP contribution in [0.15, 0.2) is 36.9 Å². The highest BCUT2D eigenvalue weighted by Gasteiger charge is 2.61. The standard InChI is InChI=1S/C40H54N6O10S/c1-8-25-18-40(25,35(50)44-57(53)27-14-15-27)43-33(48)30-17-26-20-46(30)34(49)31(38(2,3)4)42-32(47)29(41-36(51)56-39(5,6)7)22-54-16-10-13-23-11-9-12-24-19-45(21-28(23)24)37(52)55-26/h8-13,25-27,29-31H,1,14-22H2,2-7H3,(H,41,51)(H,42,47)(H,43,48)(H,44,50). The average Bonchev–Trinajstić information content (AvgIpc) is 4.01. The number of amides is 6. The normalized spacial score (nSPS) is 28.5. The number of alkyl carbamates (subject to hydrolysis) is 1. The summed E-state index contributed by atoms with van der Waals surface area (Å²) in [6, 6.07) is 1.98. The summed E-state index contributed by atoms with van der Waals surface area (Å²) in [6.45, 7) is 14.3. The Morgan fingerprint density at radius 1 is 1.09 bits per heavy atom. The lowest BCUT2D eigenvalue weighted by Gasteiger charge is -2.36. The molecule has 3 aliphatic heterocycles. The third kappa shape index (κ3) is 9.68. The van der Waals surface area contributed by atoms with Crippen LogP contribution in [0.3, 0.4) is 0 Å². The van der Waals surface area contributed by atoms with Gasteiger partial charge in [-0.25, -0.2) is 13.8 Å². The summed E-state index contributed by atoms with van der Waals surface area (Å²) >= 11 is 0. The summed E-state index contributed by atoms with van der Waals surface area (Å²) in [5, 5.41) is 8.07. The molecule has 7 atom stereocenters. The van der Waals surface area contributed by atoms with Gasteiger partial charge in [-0.15, -0.1) is 6.58 Å².